The van der Waals surface area contributed by atoms with E-state index in [0.29, 0.717) is 0 Å². The minimum Gasteiger partial charge on any atom is -0.397 e. The van der Waals surface area contributed by atoms with Gasteiger partial charge in [0, 0.05) is 13.1 Å². The molecular weight excluding hydrogens is 208 g/mol. The van der Waals surface area contributed by atoms with Crippen LogP contribution in [0.1, 0.15) is 31.2 Å². The van der Waals surface area contributed by atoms with Crippen molar-refractivity contribution in [3.63, 3.8) is 0 Å². The number of anilines is 2. The third kappa shape index (κ3) is 1.90. The monoisotopic (exact) mass is 230 g/mol. The quantitative estimate of drug-likeness (QED) is 0.790. The van der Waals surface area contributed by atoms with Gasteiger partial charge in [-0.25, -0.2) is 0 Å². The fourth-order valence-electron chi connectivity index (χ4n) is 3.40. The molecule has 1 aromatic carbocycles. The molecule has 0 bridgehead atoms. The molecule has 2 nitrogen and oxygen atoms in total. The van der Waals surface area contributed by atoms with E-state index in [-0.39, 0.29) is 0 Å². The van der Waals surface area contributed by atoms with E-state index in [1.54, 1.807) is 0 Å². The Kier molecular flexibility index (Phi) is 2.73. The number of para-hydroxylation sites is 1. The fraction of sp³-hybridized carbons (Fsp3) is 0.600. The zero-order valence-electron chi connectivity index (χ0n) is 10.7. The first kappa shape index (κ1) is 10.9. The normalized spacial score (nSPS) is 25.0. The van der Waals surface area contributed by atoms with Crippen LogP contribution in [0.4, 0.5) is 11.4 Å². The van der Waals surface area contributed by atoms with Crippen molar-refractivity contribution in [3.05, 3.63) is 23.8 Å². The smallest absolute Gasteiger partial charge is 0.0629 e. The van der Waals surface area contributed by atoms with E-state index >= 15 is 0 Å². The molecule has 2 fully saturated rings. The maximum absolute atomic E-state index is 6.13. The molecular formula is C15H22N2. The Morgan fingerprint density at radius 2 is 2.00 bits per heavy atom. The summed E-state index contributed by atoms with van der Waals surface area (Å²) in [7, 11) is 0. The van der Waals surface area contributed by atoms with Gasteiger partial charge in [-0.15, -0.1) is 0 Å². The molecule has 1 aliphatic carbocycles. The number of hydrogen-bond donors (Lipinski definition) is 1. The first-order valence-electron chi connectivity index (χ1n) is 6.86. The summed E-state index contributed by atoms with van der Waals surface area (Å²) in [5.74, 6) is 1.92. The summed E-state index contributed by atoms with van der Waals surface area (Å²) in [6.45, 7) is 4.58. The molecule has 0 radical (unpaired) electrons. The number of nitrogen functional groups attached to an aromatic ring is 1. The zero-order valence-corrected chi connectivity index (χ0v) is 10.7. The van der Waals surface area contributed by atoms with Crippen molar-refractivity contribution in [2.24, 2.45) is 11.8 Å². The Morgan fingerprint density at radius 3 is 2.65 bits per heavy atom. The Balaban J connectivity index is 1.77. The van der Waals surface area contributed by atoms with Crippen LogP contribution < -0.4 is 10.6 Å². The van der Waals surface area contributed by atoms with Crippen LogP contribution in [0.3, 0.4) is 0 Å². The maximum Gasteiger partial charge on any atom is 0.0629 e. The highest BCUT2D eigenvalue weighted by atomic mass is 15.2. The van der Waals surface area contributed by atoms with Gasteiger partial charge in [0.25, 0.3) is 0 Å². The number of hydrogen-bond acceptors (Lipinski definition) is 2. The summed E-state index contributed by atoms with van der Waals surface area (Å²) in [4.78, 5) is 2.51. The van der Waals surface area contributed by atoms with Gasteiger partial charge in [0.15, 0.2) is 0 Å². The van der Waals surface area contributed by atoms with E-state index in [1.807, 2.05) is 12.1 Å². The first-order chi connectivity index (χ1) is 8.25. The number of nitrogens with zero attached hydrogens (tertiary/aromatic N) is 1. The molecule has 17 heavy (non-hydrogen) atoms. The lowest BCUT2D eigenvalue weighted by molar-refractivity contribution is 0.221. The van der Waals surface area contributed by atoms with E-state index in [4.69, 9.17) is 5.73 Å². The third-order valence-corrected chi connectivity index (χ3v) is 4.63. The standard InChI is InChI=1S/C15H22N2/c1-11-4-2-7-14(16)15(11)17-9-8-13(10-17)12-5-3-6-12/h2,4,7,12-13H,3,5-6,8-10,16H2,1H3. The van der Waals surface area contributed by atoms with Gasteiger partial charge in [-0.3, -0.25) is 0 Å². The van der Waals surface area contributed by atoms with Crippen molar-refractivity contribution >= 4 is 11.4 Å². The van der Waals surface area contributed by atoms with Crippen LogP contribution in [-0.4, -0.2) is 13.1 Å². The molecule has 1 heterocycles. The average molecular weight is 230 g/mol. The van der Waals surface area contributed by atoms with Crippen LogP contribution in [0.15, 0.2) is 18.2 Å². The molecule has 1 aliphatic heterocycles. The summed E-state index contributed by atoms with van der Waals surface area (Å²) in [6.07, 6.45) is 5.73. The third-order valence-electron chi connectivity index (χ3n) is 4.63. The molecule has 0 spiro atoms. The van der Waals surface area contributed by atoms with Gasteiger partial charge in [-0.05, 0) is 36.8 Å². The summed E-state index contributed by atoms with van der Waals surface area (Å²) < 4.78 is 0. The van der Waals surface area contributed by atoms with Crippen LogP contribution >= 0.6 is 0 Å². The highest BCUT2D eigenvalue weighted by Crippen LogP contribution is 2.40. The van der Waals surface area contributed by atoms with E-state index in [9.17, 15) is 0 Å². The summed E-state index contributed by atoms with van der Waals surface area (Å²) in [5, 5.41) is 0. The van der Waals surface area contributed by atoms with E-state index < -0.39 is 0 Å². The highest BCUT2D eigenvalue weighted by molar-refractivity contribution is 5.71. The molecule has 0 amide bonds. The molecule has 2 aliphatic rings. The van der Waals surface area contributed by atoms with Gasteiger partial charge in [0.1, 0.15) is 0 Å². The van der Waals surface area contributed by atoms with E-state index in [2.05, 4.69) is 17.9 Å². The van der Waals surface area contributed by atoms with Gasteiger partial charge in [-0.1, -0.05) is 31.4 Å². The summed E-state index contributed by atoms with van der Waals surface area (Å²) in [6, 6.07) is 6.25. The Hall–Kier alpha value is -1.18. The largest absolute Gasteiger partial charge is 0.397 e. The lowest BCUT2D eigenvalue weighted by Gasteiger charge is -2.31. The lowest BCUT2D eigenvalue weighted by atomic mass is 9.75. The van der Waals surface area contributed by atoms with Crippen molar-refractivity contribution in [3.8, 4) is 0 Å². The fourth-order valence-corrected chi connectivity index (χ4v) is 3.40. The van der Waals surface area contributed by atoms with Crippen LogP contribution in [0.25, 0.3) is 0 Å². The second-order valence-corrected chi connectivity index (χ2v) is 5.70. The van der Waals surface area contributed by atoms with Crippen molar-refractivity contribution < 1.29 is 0 Å². The van der Waals surface area contributed by atoms with Crippen LogP contribution in [-0.2, 0) is 0 Å². The topological polar surface area (TPSA) is 29.3 Å². The first-order valence-corrected chi connectivity index (χ1v) is 6.86. The van der Waals surface area contributed by atoms with E-state index in [1.165, 1.54) is 50.0 Å². The van der Waals surface area contributed by atoms with Gasteiger partial charge >= 0.3 is 0 Å². The Labute approximate surface area is 104 Å². The van der Waals surface area contributed by atoms with Gasteiger partial charge in [0.05, 0.1) is 11.4 Å². The lowest BCUT2D eigenvalue weighted by Crippen LogP contribution is -2.27. The Morgan fingerprint density at radius 1 is 1.18 bits per heavy atom. The molecule has 1 atom stereocenters. The second kappa shape index (κ2) is 4.25. The number of nitrogens with two attached hydrogens (primary N) is 1. The molecule has 2 heteroatoms. The second-order valence-electron chi connectivity index (χ2n) is 5.70. The number of aryl methyl sites for hydroxylation is 1. The number of rotatable bonds is 2. The number of benzene rings is 1. The van der Waals surface area contributed by atoms with Crippen molar-refractivity contribution in [2.45, 2.75) is 32.6 Å². The minimum absolute atomic E-state index is 0.919. The molecule has 1 saturated carbocycles. The van der Waals surface area contributed by atoms with Gasteiger partial charge < -0.3 is 10.6 Å². The summed E-state index contributed by atoms with van der Waals surface area (Å²) in [5.41, 5.74) is 9.68. The average Bonchev–Trinajstić information content (AvgIpc) is 2.64. The molecule has 3 rings (SSSR count). The Bertz CT molecular complexity index is 389. The van der Waals surface area contributed by atoms with Crippen molar-refractivity contribution in [1.29, 1.82) is 0 Å². The SMILES string of the molecule is Cc1cccc(N)c1N1CCC(C2CCC2)C1. The van der Waals surface area contributed by atoms with Crippen LogP contribution in [0.2, 0.25) is 0 Å². The molecule has 1 unspecified atom stereocenters. The molecule has 1 aromatic rings. The zero-order chi connectivity index (χ0) is 11.8. The molecule has 2 N–H and O–H groups in total. The van der Waals surface area contributed by atoms with Crippen molar-refractivity contribution in [2.75, 3.05) is 23.7 Å². The van der Waals surface area contributed by atoms with E-state index in [0.717, 1.165) is 17.5 Å². The summed E-state index contributed by atoms with van der Waals surface area (Å²) >= 11 is 0. The molecule has 92 valence electrons. The minimum atomic E-state index is 0.919. The maximum atomic E-state index is 6.13. The highest BCUT2D eigenvalue weighted by Gasteiger charge is 2.33. The van der Waals surface area contributed by atoms with Crippen LogP contribution in [0, 0.1) is 18.8 Å². The van der Waals surface area contributed by atoms with Gasteiger partial charge in [-0.2, -0.15) is 0 Å². The van der Waals surface area contributed by atoms with Crippen molar-refractivity contribution in [1.82, 2.24) is 0 Å². The predicted octanol–water partition coefficient (Wildman–Crippen LogP) is 3.20. The molecule has 1 saturated heterocycles. The van der Waals surface area contributed by atoms with Gasteiger partial charge in [0.2, 0.25) is 0 Å². The van der Waals surface area contributed by atoms with Crippen LogP contribution in [0.5, 0.6) is 0 Å². The molecule has 0 aromatic heterocycles. The predicted molar refractivity (Wildman–Crippen MR) is 73.3 cm³/mol.